The van der Waals surface area contributed by atoms with Crippen molar-refractivity contribution in [3.05, 3.63) is 50.6 Å². The van der Waals surface area contributed by atoms with Crippen LogP contribution in [0.1, 0.15) is 19.3 Å². The first-order chi connectivity index (χ1) is 17.2. The summed E-state index contributed by atoms with van der Waals surface area (Å²) in [4.78, 5) is 20.7. The Morgan fingerprint density at radius 3 is 2.36 bits per heavy atom. The minimum absolute atomic E-state index is 0.0807. The molecule has 2 fully saturated rings. The zero-order chi connectivity index (χ0) is 25.9. The summed E-state index contributed by atoms with van der Waals surface area (Å²) in [5.74, 6) is 0.491. The number of piperidine rings is 1. The number of carbonyl (C=O) groups is 1. The highest BCUT2D eigenvalue weighted by atomic mass is 35.5. The molecule has 1 aromatic carbocycles. The Hall–Kier alpha value is -1.33. The van der Waals surface area contributed by atoms with Crippen LogP contribution in [-0.2, 0) is 19.6 Å². The first-order valence-electron chi connectivity index (χ1n) is 11.6. The number of rotatable bonds is 7. The van der Waals surface area contributed by atoms with Gasteiger partial charge in [-0.3, -0.25) is 4.79 Å². The maximum absolute atomic E-state index is 13.4. The number of nitrogens with zero attached hydrogens (tertiary/aromatic N) is 4. The summed E-state index contributed by atoms with van der Waals surface area (Å²) in [6, 6.07) is 5.85. The second kappa shape index (κ2) is 12.0. The van der Waals surface area contributed by atoms with Gasteiger partial charge in [0, 0.05) is 45.0 Å². The molecule has 1 amide bonds. The first-order valence-corrected chi connectivity index (χ1v) is 14.5. The van der Waals surface area contributed by atoms with Crippen LogP contribution in [0.4, 0.5) is 5.82 Å². The van der Waals surface area contributed by atoms with E-state index in [-0.39, 0.29) is 34.1 Å². The van der Waals surface area contributed by atoms with E-state index in [9.17, 15) is 13.2 Å². The van der Waals surface area contributed by atoms with Crippen LogP contribution in [0.3, 0.4) is 0 Å². The van der Waals surface area contributed by atoms with Gasteiger partial charge in [-0.1, -0.05) is 58.9 Å². The quantitative estimate of drug-likeness (QED) is 0.465. The average Bonchev–Trinajstić information content (AvgIpc) is 2.84. The molecule has 0 bridgehead atoms. The van der Waals surface area contributed by atoms with Gasteiger partial charge in [0.15, 0.2) is 0 Å². The van der Waals surface area contributed by atoms with Crippen LogP contribution in [0.15, 0.2) is 35.4 Å². The second-order valence-corrected chi connectivity index (χ2v) is 12.1. The molecule has 196 valence electrons. The minimum atomic E-state index is -3.92. The van der Waals surface area contributed by atoms with Gasteiger partial charge in [0.1, 0.15) is 17.3 Å². The minimum Gasteiger partial charge on any atom is -0.370 e. The number of ether oxygens (including phenoxy) is 1. The Labute approximate surface area is 231 Å². The van der Waals surface area contributed by atoms with E-state index in [0.29, 0.717) is 55.0 Å². The van der Waals surface area contributed by atoms with E-state index < -0.39 is 16.1 Å². The van der Waals surface area contributed by atoms with E-state index in [2.05, 4.69) is 4.98 Å². The Morgan fingerprint density at radius 2 is 1.69 bits per heavy atom. The molecule has 0 aliphatic carbocycles. The lowest BCUT2D eigenvalue weighted by atomic mass is 10.1. The van der Waals surface area contributed by atoms with Crippen molar-refractivity contribution in [3.63, 3.8) is 0 Å². The monoisotopic (exact) mass is 594 g/mol. The van der Waals surface area contributed by atoms with Crippen molar-refractivity contribution in [1.29, 1.82) is 0 Å². The summed E-state index contributed by atoms with van der Waals surface area (Å²) in [5.41, 5.74) is 0. The highest BCUT2D eigenvalue weighted by Gasteiger charge is 2.36. The number of piperazine rings is 1. The van der Waals surface area contributed by atoms with Gasteiger partial charge in [-0.05, 0) is 31.0 Å². The highest BCUT2D eigenvalue weighted by molar-refractivity contribution is 7.89. The molecule has 1 unspecified atom stereocenters. The fourth-order valence-electron chi connectivity index (χ4n) is 4.48. The lowest BCUT2D eigenvalue weighted by molar-refractivity contribution is -0.137. The standard InChI is InChI=1S/C23H26Cl4N4O4S/c24-16-12-20(27)23(28-13-16)30-10-8-29(9-11-30)21(32)15-35-14-17-4-1-2-7-31(17)36(33,34)22-18(25)5-3-6-19(22)26/h3,5-6,12-13,17H,1-2,4,7-11,14-15H2. The summed E-state index contributed by atoms with van der Waals surface area (Å²) >= 11 is 24.5. The molecule has 0 spiro atoms. The Balaban J connectivity index is 1.31. The third kappa shape index (κ3) is 6.20. The largest absolute Gasteiger partial charge is 0.370 e. The van der Waals surface area contributed by atoms with E-state index >= 15 is 0 Å². The predicted octanol–water partition coefficient (Wildman–Crippen LogP) is 4.60. The number of pyridine rings is 1. The van der Waals surface area contributed by atoms with Crippen LogP contribution < -0.4 is 4.90 Å². The fraction of sp³-hybridized carbons (Fsp3) is 0.478. The van der Waals surface area contributed by atoms with E-state index in [4.69, 9.17) is 51.1 Å². The number of aromatic nitrogens is 1. The molecule has 2 aromatic rings. The maximum atomic E-state index is 13.4. The third-order valence-electron chi connectivity index (χ3n) is 6.31. The number of sulfonamides is 1. The number of benzene rings is 1. The molecule has 0 N–H and O–H groups in total. The van der Waals surface area contributed by atoms with Gasteiger partial charge in [-0.15, -0.1) is 0 Å². The molecule has 36 heavy (non-hydrogen) atoms. The van der Waals surface area contributed by atoms with Crippen molar-refractivity contribution >= 4 is 68.2 Å². The van der Waals surface area contributed by atoms with Gasteiger partial charge in [0.05, 0.1) is 26.7 Å². The van der Waals surface area contributed by atoms with Crippen LogP contribution in [0.5, 0.6) is 0 Å². The molecule has 3 heterocycles. The van der Waals surface area contributed by atoms with E-state index in [0.717, 1.165) is 12.8 Å². The van der Waals surface area contributed by atoms with Crippen LogP contribution in [-0.4, -0.2) is 80.5 Å². The van der Waals surface area contributed by atoms with Crippen molar-refractivity contribution < 1.29 is 17.9 Å². The summed E-state index contributed by atoms with van der Waals surface area (Å²) in [5, 5.41) is 1.10. The number of amides is 1. The highest BCUT2D eigenvalue weighted by Crippen LogP contribution is 2.34. The lowest BCUT2D eigenvalue weighted by Crippen LogP contribution is -2.50. The van der Waals surface area contributed by atoms with Crippen molar-refractivity contribution in [2.24, 2.45) is 0 Å². The van der Waals surface area contributed by atoms with Crippen molar-refractivity contribution in [2.45, 2.75) is 30.2 Å². The average molecular weight is 596 g/mol. The molecule has 2 aliphatic rings. The number of hydrogen-bond donors (Lipinski definition) is 0. The molecule has 0 saturated carbocycles. The van der Waals surface area contributed by atoms with Crippen molar-refractivity contribution in [3.8, 4) is 0 Å². The molecule has 2 saturated heterocycles. The number of hydrogen-bond acceptors (Lipinski definition) is 6. The van der Waals surface area contributed by atoms with Crippen LogP contribution in [0.25, 0.3) is 0 Å². The summed E-state index contributed by atoms with van der Waals surface area (Å²) in [6.07, 6.45) is 3.77. The van der Waals surface area contributed by atoms with Gasteiger partial charge >= 0.3 is 0 Å². The zero-order valence-electron chi connectivity index (χ0n) is 19.4. The van der Waals surface area contributed by atoms with Crippen LogP contribution >= 0.6 is 46.4 Å². The van der Waals surface area contributed by atoms with E-state index in [1.807, 2.05) is 4.90 Å². The normalized spacial score (nSPS) is 19.5. The lowest BCUT2D eigenvalue weighted by Gasteiger charge is -2.36. The first kappa shape index (κ1) is 27.7. The van der Waals surface area contributed by atoms with E-state index in [1.165, 1.54) is 16.4 Å². The Kier molecular flexibility index (Phi) is 9.25. The predicted molar refractivity (Wildman–Crippen MR) is 142 cm³/mol. The topological polar surface area (TPSA) is 83.0 Å². The van der Waals surface area contributed by atoms with Gasteiger partial charge in [0.2, 0.25) is 15.9 Å². The smallest absolute Gasteiger partial charge is 0.248 e. The van der Waals surface area contributed by atoms with E-state index in [1.54, 1.807) is 23.2 Å². The summed E-state index contributed by atoms with van der Waals surface area (Å²) in [6.45, 7) is 2.47. The molecule has 13 heteroatoms. The molecule has 0 radical (unpaired) electrons. The number of anilines is 1. The van der Waals surface area contributed by atoms with Crippen LogP contribution in [0.2, 0.25) is 20.1 Å². The third-order valence-corrected chi connectivity index (χ3v) is 9.71. The molecule has 4 rings (SSSR count). The maximum Gasteiger partial charge on any atom is 0.248 e. The SMILES string of the molecule is O=C(COCC1CCCCN1S(=O)(=O)c1c(Cl)cccc1Cl)N1CCN(c2ncc(Cl)cc2Cl)CC1. The molecule has 2 aliphatic heterocycles. The van der Waals surface area contributed by atoms with Crippen LogP contribution in [0, 0.1) is 0 Å². The number of carbonyl (C=O) groups excluding carboxylic acids is 1. The van der Waals surface area contributed by atoms with Gasteiger partial charge in [0.25, 0.3) is 0 Å². The van der Waals surface area contributed by atoms with Gasteiger partial charge in [-0.25, -0.2) is 13.4 Å². The Morgan fingerprint density at radius 1 is 1.00 bits per heavy atom. The van der Waals surface area contributed by atoms with Crippen molar-refractivity contribution in [1.82, 2.24) is 14.2 Å². The molecular weight excluding hydrogens is 570 g/mol. The fourth-order valence-corrected chi connectivity index (χ4v) is 7.76. The van der Waals surface area contributed by atoms with Gasteiger partial charge in [-0.2, -0.15) is 4.31 Å². The van der Waals surface area contributed by atoms with Crippen molar-refractivity contribution in [2.75, 3.05) is 50.8 Å². The molecule has 8 nitrogen and oxygen atoms in total. The second-order valence-electron chi connectivity index (χ2n) is 8.66. The summed E-state index contributed by atoms with van der Waals surface area (Å²) < 4.78 is 33.9. The molecular formula is C23H26Cl4N4O4S. The molecule has 1 atom stereocenters. The molecule has 1 aromatic heterocycles. The zero-order valence-corrected chi connectivity index (χ0v) is 23.2. The summed E-state index contributed by atoms with van der Waals surface area (Å²) in [7, 11) is -3.92. The Bertz CT molecular complexity index is 1190. The number of halogens is 4. The van der Waals surface area contributed by atoms with Gasteiger partial charge < -0.3 is 14.5 Å².